The minimum absolute atomic E-state index is 0.168. The lowest BCUT2D eigenvalue weighted by atomic mass is 9.90. The average molecular weight is 432 g/mol. The Morgan fingerprint density at radius 1 is 1.38 bits per heavy atom. The van der Waals surface area contributed by atoms with E-state index >= 15 is 0 Å². The molecule has 4 nitrogen and oxygen atoms in total. The van der Waals surface area contributed by atoms with Gasteiger partial charge in [-0.1, -0.05) is 30.4 Å². The van der Waals surface area contributed by atoms with Crippen molar-refractivity contribution in [2.75, 3.05) is 12.9 Å². The smallest absolute Gasteiger partial charge is 0.329 e. The summed E-state index contributed by atoms with van der Waals surface area (Å²) in [5, 5.41) is 0.823. The number of rotatable bonds is 3. The normalized spacial score (nSPS) is 17.7. The number of esters is 1. The van der Waals surface area contributed by atoms with Crippen LogP contribution < -0.4 is 5.56 Å². The molecule has 1 atom stereocenters. The molecule has 1 aliphatic carbocycles. The van der Waals surface area contributed by atoms with E-state index in [2.05, 4.69) is 46.3 Å². The molecule has 2 heterocycles. The molecule has 2 aliphatic rings. The number of thioether (sulfide) groups is 1. The number of fused-ring (bicyclic) bond motifs is 2. The summed E-state index contributed by atoms with van der Waals surface area (Å²) in [5.41, 5.74) is 4.63. The number of nitrogens with zero attached hydrogens (tertiary/aromatic N) is 1. The predicted molar refractivity (Wildman–Crippen MR) is 107 cm³/mol. The summed E-state index contributed by atoms with van der Waals surface area (Å²) in [6, 6.07) is 7.85. The Kier molecular flexibility index (Phi) is 4.80. The molecule has 4 rings (SSSR count). The molecule has 0 fully saturated rings. The number of methoxy groups -OCH3 is 1. The highest BCUT2D eigenvalue weighted by molar-refractivity contribution is 9.10. The van der Waals surface area contributed by atoms with E-state index in [1.54, 1.807) is 4.57 Å². The number of pyridine rings is 1. The third-order valence-corrected chi connectivity index (χ3v) is 6.87. The first-order valence-corrected chi connectivity index (χ1v) is 10.3. The van der Waals surface area contributed by atoms with Crippen molar-refractivity contribution in [3.05, 3.63) is 67.4 Å². The van der Waals surface area contributed by atoms with E-state index in [0.29, 0.717) is 16.6 Å². The number of aryl methyl sites for hydroxylation is 1. The fourth-order valence-corrected chi connectivity index (χ4v) is 5.24. The van der Waals surface area contributed by atoms with Crippen LogP contribution in [-0.2, 0) is 22.4 Å². The maximum Gasteiger partial charge on any atom is 0.329 e. The van der Waals surface area contributed by atoms with Gasteiger partial charge in [-0.3, -0.25) is 9.36 Å². The van der Waals surface area contributed by atoms with Crippen molar-refractivity contribution in [2.45, 2.75) is 30.3 Å². The van der Waals surface area contributed by atoms with Gasteiger partial charge in [0, 0.05) is 5.75 Å². The van der Waals surface area contributed by atoms with Crippen LogP contribution >= 0.6 is 27.7 Å². The first-order chi connectivity index (χ1) is 12.6. The van der Waals surface area contributed by atoms with Crippen LogP contribution in [0.15, 0.2) is 44.6 Å². The van der Waals surface area contributed by atoms with Gasteiger partial charge < -0.3 is 4.74 Å². The fraction of sp³-hybridized carbons (Fsp3) is 0.300. The van der Waals surface area contributed by atoms with Gasteiger partial charge in [0.1, 0.15) is 6.04 Å². The van der Waals surface area contributed by atoms with E-state index in [0.717, 1.165) is 23.4 Å². The summed E-state index contributed by atoms with van der Waals surface area (Å²) in [7, 11) is 1.35. The van der Waals surface area contributed by atoms with Crippen LogP contribution in [0.1, 0.15) is 34.7 Å². The number of hydrogen-bond acceptors (Lipinski definition) is 4. The zero-order valence-electron chi connectivity index (χ0n) is 14.3. The molecule has 2 aromatic rings. The molecular formula is C20H18BrNO3S. The third kappa shape index (κ3) is 2.95. The second-order valence-electron chi connectivity index (χ2n) is 6.45. The molecule has 1 aromatic carbocycles. The van der Waals surface area contributed by atoms with E-state index in [1.165, 1.54) is 35.6 Å². The van der Waals surface area contributed by atoms with E-state index in [4.69, 9.17) is 4.74 Å². The molecule has 1 aromatic heterocycles. The number of hydrogen-bond donors (Lipinski definition) is 0. The summed E-state index contributed by atoms with van der Waals surface area (Å²) >= 11 is 5.00. The van der Waals surface area contributed by atoms with E-state index in [-0.39, 0.29) is 11.5 Å². The van der Waals surface area contributed by atoms with Crippen molar-refractivity contribution in [1.29, 1.82) is 0 Å². The van der Waals surface area contributed by atoms with Crippen molar-refractivity contribution in [1.82, 2.24) is 4.57 Å². The Morgan fingerprint density at radius 2 is 2.23 bits per heavy atom. The molecule has 26 heavy (non-hydrogen) atoms. The number of benzene rings is 1. The number of carbonyl (C=O) groups is 1. The van der Waals surface area contributed by atoms with Gasteiger partial charge in [0.25, 0.3) is 5.56 Å². The van der Waals surface area contributed by atoms with Gasteiger partial charge in [-0.25, -0.2) is 4.79 Å². The molecule has 0 amide bonds. The quantitative estimate of drug-likeness (QED) is 0.689. The summed E-state index contributed by atoms with van der Waals surface area (Å²) in [5.74, 6) is 0.154. The molecule has 0 N–H and O–H groups in total. The van der Waals surface area contributed by atoms with Crippen LogP contribution in [-0.4, -0.2) is 23.4 Å². The van der Waals surface area contributed by atoms with Gasteiger partial charge in [0.15, 0.2) is 0 Å². The number of aromatic nitrogens is 1. The second kappa shape index (κ2) is 7.08. The highest BCUT2D eigenvalue weighted by atomic mass is 79.9. The molecule has 0 bridgehead atoms. The monoisotopic (exact) mass is 431 g/mol. The SMILES string of the molecule is COC(=O)[C@@H]1CSc2cc(Cc3cccc4c3C=CCC4)c(Br)c(=O)n21. The van der Waals surface area contributed by atoms with E-state index in [9.17, 15) is 9.59 Å². The third-order valence-electron chi connectivity index (χ3n) is 4.93. The molecule has 1 aliphatic heterocycles. The van der Waals surface area contributed by atoms with Crippen LogP contribution in [0.4, 0.5) is 0 Å². The van der Waals surface area contributed by atoms with Gasteiger partial charge in [0.05, 0.1) is 16.6 Å². The van der Waals surface area contributed by atoms with E-state index in [1.807, 2.05) is 6.07 Å². The highest BCUT2D eigenvalue weighted by Gasteiger charge is 2.32. The number of carbonyl (C=O) groups excluding carboxylic acids is 1. The zero-order valence-corrected chi connectivity index (χ0v) is 16.7. The van der Waals surface area contributed by atoms with Gasteiger partial charge in [-0.05, 0) is 63.5 Å². The van der Waals surface area contributed by atoms with Crippen LogP contribution in [0.5, 0.6) is 0 Å². The Hall–Kier alpha value is -1.79. The van der Waals surface area contributed by atoms with Crippen LogP contribution in [0.3, 0.4) is 0 Å². The molecular weight excluding hydrogens is 414 g/mol. The number of ether oxygens (including phenoxy) is 1. The summed E-state index contributed by atoms with van der Waals surface area (Å²) in [6.45, 7) is 0. The van der Waals surface area contributed by atoms with Crippen LogP contribution in [0.25, 0.3) is 6.08 Å². The van der Waals surface area contributed by atoms with E-state index < -0.39 is 6.04 Å². The largest absolute Gasteiger partial charge is 0.467 e. The number of allylic oxidation sites excluding steroid dienone is 1. The number of halogens is 1. The van der Waals surface area contributed by atoms with Crippen molar-refractivity contribution in [3.63, 3.8) is 0 Å². The van der Waals surface area contributed by atoms with Crippen LogP contribution in [0.2, 0.25) is 0 Å². The Bertz CT molecular complexity index is 980. The highest BCUT2D eigenvalue weighted by Crippen LogP contribution is 2.35. The first-order valence-electron chi connectivity index (χ1n) is 8.52. The Labute approximate surface area is 164 Å². The molecule has 6 heteroatoms. The lowest BCUT2D eigenvalue weighted by Gasteiger charge is -2.17. The minimum Gasteiger partial charge on any atom is -0.467 e. The summed E-state index contributed by atoms with van der Waals surface area (Å²) < 4.78 is 6.91. The van der Waals surface area contributed by atoms with Gasteiger partial charge >= 0.3 is 5.97 Å². The first kappa shape index (κ1) is 17.6. The molecule has 0 spiro atoms. The maximum absolute atomic E-state index is 12.9. The van der Waals surface area contributed by atoms with Crippen molar-refractivity contribution in [3.8, 4) is 0 Å². The summed E-state index contributed by atoms with van der Waals surface area (Å²) in [4.78, 5) is 24.8. The lowest BCUT2D eigenvalue weighted by molar-refractivity contribution is -0.143. The van der Waals surface area contributed by atoms with Crippen LogP contribution in [0, 0.1) is 0 Å². The Balaban J connectivity index is 1.75. The standard InChI is InChI=1S/C20H18BrNO3S/c1-25-20(24)16-11-26-17-10-14(18(21)19(23)22(16)17)9-13-7-4-6-12-5-2-3-8-15(12)13/h3-4,6-8,10,16H,2,5,9,11H2,1H3/t16-/m0/s1. The van der Waals surface area contributed by atoms with Gasteiger partial charge in [-0.2, -0.15) is 0 Å². The van der Waals surface area contributed by atoms with Gasteiger partial charge in [0.2, 0.25) is 0 Å². The van der Waals surface area contributed by atoms with Crippen molar-refractivity contribution >= 4 is 39.7 Å². The minimum atomic E-state index is -0.551. The van der Waals surface area contributed by atoms with Crippen molar-refractivity contribution < 1.29 is 9.53 Å². The lowest BCUT2D eigenvalue weighted by Crippen LogP contribution is -2.30. The molecule has 0 unspecified atom stereocenters. The second-order valence-corrected chi connectivity index (χ2v) is 8.29. The zero-order chi connectivity index (χ0) is 18.3. The summed E-state index contributed by atoms with van der Waals surface area (Å²) in [6.07, 6.45) is 7.20. The fourth-order valence-electron chi connectivity index (χ4n) is 3.61. The predicted octanol–water partition coefficient (Wildman–Crippen LogP) is 3.98. The maximum atomic E-state index is 12.9. The molecule has 0 radical (unpaired) electrons. The Morgan fingerprint density at radius 3 is 3.04 bits per heavy atom. The van der Waals surface area contributed by atoms with Gasteiger partial charge in [-0.15, -0.1) is 11.8 Å². The topological polar surface area (TPSA) is 48.3 Å². The average Bonchev–Trinajstić information content (AvgIpc) is 3.09. The molecule has 0 saturated carbocycles. The van der Waals surface area contributed by atoms with Crippen molar-refractivity contribution in [2.24, 2.45) is 0 Å². The molecule has 0 saturated heterocycles. The molecule has 134 valence electrons.